The summed E-state index contributed by atoms with van der Waals surface area (Å²) in [6.45, 7) is 7.97. The van der Waals surface area contributed by atoms with Gasteiger partial charge in [0.1, 0.15) is 18.2 Å². The minimum Gasteiger partial charge on any atom is -0.382 e. The van der Waals surface area contributed by atoms with Gasteiger partial charge < -0.3 is 28.8 Å². The first-order valence-electron chi connectivity index (χ1n) is 16.5. The van der Waals surface area contributed by atoms with Crippen molar-refractivity contribution < 1.29 is 23.1 Å². The Balaban J connectivity index is 1.44. The van der Waals surface area contributed by atoms with Crippen LogP contribution in [0, 0.1) is 0 Å². The Morgan fingerprint density at radius 2 is 1.38 bits per heavy atom. The Kier molecular flexibility index (Phi) is 20.0. The van der Waals surface area contributed by atoms with Gasteiger partial charge in [-0.05, 0) is 20.3 Å². The molecule has 0 spiro atoms. The highest BCUT2D eigenvalue weighted by Crippen LogP contribution is 2.48. The van der Waals surface area contributed by atoms with Gasteiger partial charge in [-0.1, -0.05) is 103 Å². The summed E-state index contributed by atoms with van der Waals surface area (Å²) in [5, 5.41) is 0. The summed E-state index contributed by atoms with van der Waals surface area (Å²) in [5.41, 5.74) is 7.03. The van der Waals surface area contributed by atoms with Crippen molar-refractivity contribution in [3.8, 4) is 0 Å². The molecular weight excluding hydrogens is 553 g/mol. The number of hydrogen-bond donors (Lipinski definition) is 1. The van der Waals surface area contributed by atoms with Crippen molar-refractivity contribution in [3.63, 3.8) is 0 Å². The summed E-state index contributed by atoms with van der Waals surface area (Å²) in [6, 6.07) is 0. The molecule has 2 atom stereocenters. The number of ether oxygens (including phenoxy) is 2. The third-order valence-electron chi connectivity index (χ3n) is 7.38. The van der Waals surface area contributed by atoms with E-state index in [4.69, 9.17) is 24.3 Å². The lowest BCUT2D eigenvalue weighted by Crippen LogP contribution is -2.18. The first-order valence-corrected chi connectivity index (χ1v) is 18.2. The Bertz CT molecular complexity index is 992. The first kappa shape index (κ1) is 36.6. The molecule has 242 valence electrons. The quantitative estimate of drug-likeness (QED) is 0.0747. The Morgan fingerprint density at radius 3 is 1.98 bits per heavy atom. The van der Waals surface area contributed by atoms with Crippen molar-refractivity contribution in [2.75, 3.05) is 38.5 Å². The van der Waals surface area contributed by atoms with Crippen LogP contribution in [0.2, 0.25) is 0 Å². The number of unbranched alkanes of at least 4 members (excludes halogenated alkanes) is 15. The number of nitrogen functional groups attached to an aromatic ring is 1. The lowest BCUT2D eigenvalue weighted by Gasteiger charge is -2.20. The van der Waals surface area contributed by atoms with Crippen LogP contribution >= 0.6 is 7.60 Å². The SMILES string of the molecule is CCCCCCCCCCCCCCCCCCOCCOP(=O)(CO[C@H](C)Cn1cnc2c(N)ncnc21)OCC. The zero-order chi connectivity index (χ0) is 30.3. The number of aromatic nitrogens is 4. The molecule has 2 heterocycles. The van der Waals surface area contributed by atoms with E-state index in [2.05, 4.69) is 21.9 Å². The summed E-state index contributed by atoms with van der Waals surface area (Å²) < 4.78 is 37.5. The van der Waals surface area contributed by atoms with Gasteiger partial charge in [0.05, 0.1) is 38.8 Å². The van der Waals surface area contributed by atoms with Crippen LogP contribution in [-0.2, 0) is 29.6 Å². The van der Waals surface area contributed by atoms with E-state index in [-0.39, 0.29) is 25.7 Å². The molecular formula is C31H58N5O5P. The molecule has 0 aliphatic carbocycles. The van der Waals surface area contributed by atoms with Crippen LogP contribution in [0.3, 0.4) is 0 Å². The van der Waals surface area contributed by atoms with Gasteiger partial charge in [-0.25, -0.2) is 15.0 Å². The topological polar surface area (TPSA) is 124 Å². The van der Waals surface area contributed by atoms with Gasteiger partial charge >= 0.3 is 7.60 Å². The summed E-state index contributed by atoms with van der Waals surface area (Å²) in [6.07, 6.45) is 24.2. The molecule has 0 aliphatic heterocycles. The second-order valence-electron chi connectivity index (χ2n) is 11.2. The third kappa shape index (κ3) is 15.8. The number of hydrogen-bond acceptors (Lipinski definition) is 9. The van der Waals surface area contributed by atoms with E-state index < -0.39 is 7.60 Å². The van der Waals surface area contributed by atoms with Gasteiger partial charge in [-0.3, -0.25) is 4.57 Å². The Labute approximate surface area is 254 Å². The van der Waals surface area contributed by atoms with E-state index in [9.17, 15) is 4.57 Å². The van der Waals surface area contributed by atoms with E-state index in [1.807, 2.05) is 11.5 Å². The summed E-state index contributed by atoms with van der Waals surface area (Å²) in [7, 11) is -3.39. The van der Waals surface area contributed by atoms with Crippen LogP contribution in [0.5, 0.6) is 0 Å². The van der Waals surface area contributed by atoms with Gasteiger partial charge in [0.15, 0.2) is 11.5 Å². The second-order valence-corrected chi connectivity index (χ2v) is 13.2. The molecule has 0 aromatic carbocycles. The largest absolute Gasteiger partial charge is 0.382 e. The lowest BCUT2D eigenvalue weighted by atomic mass is 10.0. The van der Waals surface area contributed by atoms with E-state index in [0.29, 0.717) is 36.7 Å². The van der Waals surface area contributed by atoms with E-state index in [0.717, 1.165) is 6.42 Å². The standard InChI is InChI=1S/C31H58N5O5P/c1-4-6-7-8-9-10-11-12-13-14-15-16-17-18-19-20-21-38-22-23-41-42(37,40-5-2)27-39-28(3)24-36-26-35-29-30(32)33-25-34-31(29)36/h25-26,28H,4-24,27H2,1-3H3,(H2,32,33,34)/t28-,42?/m1/s1. The maximum Gasteiger partial charge on any atom is 0.356 e. The highest BCUT2D eigenvalue weighted by Gasteiger charge is 2.26. The number of nitrogens with two attached hydrogens (primary N) is 1. The maximum absolute atomic E-state index is 13.1. The molecule has 2 aromatic rings. The Morgan fingerprint density at radius 1 is 0.786 bits per heavy atom. The van der Waals surface area contributed by atoms with Gasteiger partial charge in [-0.2, -0.15) is 0 Å². The average molecular weight is 612 g/mol. The van der Waals surface area contributed by atoms with Crippen molar-refractivity contribution in [1.29, 1.82) is 0 Å². The van der Waals surface area contributed by atoms with Crippen LogP contribution in [0.15, 0.2) is 12.7 Å². The molecule has 0 aliphatic rings. The number of fused-ring (bicyclic) bond motifs is 1. The number of rotatable bonds is 28. The number of nitrogens with zero attached hydrogens (tertiary/aromatic N) is 4. The number of anilines is 1. The van der Waals surface area contributed by atoms with E-state index >= 15 is 0 Å². The molecule has 2 aromatic heterocycles. The monoisotopic (exact) mass is 611 g/mol. The maximum atomic E-state index is 13.1. The van der Waals surface area contributed by atoms with Gasteiger partial charge in [0, 0.05) is 6.61 Å². The highest BCUT2D eigenvalue weighted by molar-refractivity contribution is 7.53. The fraction of sp³-hybridized carbons (Fsp3) is 0.839. The molecule has 1 unspecified atom stereocenters. The third-order valence-corrected chi connectivity index (χ3v) is 9.08. The predicted octanol–water partition coefficient (Wildman–Crippen LogP) is 8.30. The van der Waals surface area contributed by atoms with Gasteiger partial charge in [0.25, 0.3) is 0 Å². The van der Waals surface area contributed by atoms with Gasteiger partial charge in [0.2, 0.25) is 0 Å². The summed E-state index contributed by atoms with van der Waals surface area (Å²) in [4.78, 5) is 12.5. The summed E-state index contributed by atoms with van der Waals surface area (Å²) >= 11 is 0. The highest BCUT2D eigenvalue weighted by atomic mass is 31.2. The zero-order valence-electron chi connectivity index (χ0n) is 26.6. The van der Waals surface area contributed by atoms with Crippen molar-refractivity contribution in [2.45, 2.75) is 136 Å². The molecule has 0 amide bonds. The van der Waals surface area contributed by atoms with Crippen molar-refractivity contribution in [1.82, 2.24) is 19.5 Å². The molecule has 10 nitrogen and oxygen atoms in total. The fourth-order valence-corrected chi connectivity index (χ4v) is 6.39. The fourth-order valence-electron chi connectivity index (χ4n) is 4.98. The van der Waals surface area contributed by atoms with Crippen molar-refractivity contribution >= 4 is 24.6 Å². The smallest absolute Gasteiger partial charge is 0.356 e. The second kappa shape index (κ2) is 22.9. The molecule has 0 fully saturated rings. The number of imidazole rings is 1. The van der Waals surface area contributed by atoms with Crippen LogP contribution in [0.1, 0.15) is 124 Å². The predicted molar refractivity (Wildman–Crippen MR) is 171 cm³/mol. The summed E-state index contributed by atoms with van der Waals surface area (Å²) in [5.74, 6) is 0.332. The first-order chi connectivity index (χ1) is 20.5. The average Bonchev–Trinajstić information content (AvgIpc) is 3.39. The zero-order valence-corrected chi connectivity index (χ0v) is 27.5. The van der Waals surface area contributed by atoms with Crippen molar-refractivity contribution in [2.24, 2.45) is 0 Å². The van der Waals surface area contributed by atoms with Crippen LogP contribution in [0.25, 0.3) is 11.2 Å². The Hall–Kier alpha value is -1.58. The minimum atomic E-state index is -3.39. The van der Waals surface area contributed by atoms with Crippen LogP contribution in [-0.4, -0.2) is 58.4 Å². The normalized spacial score (nSPS) is 14.0. The van der Waals surface area contributed by atoms with Gasteiger partial charge in [-0.15, -0.1) is 0 Å². The molecule has 2 N–H and O–H groups in total. The van der Waals surface area contributed by atoms with E-state index in [1.54, 1.807) is 13.3 Å². The molecule has 0 saturated carbocycles. The molecule has 42 heavy (non-hydrogen) atoms. The lowest BCUT2D eigenvalue weighted by molar-refractivity contribution is 0.0550. The molecule has 2 rings (SSSR count). The molecule has 0 saturated heterocycles. The minimum absolute atomic E-state index is 0.134. The molecule has 11 heteroatoms. The van der Waals surface area contributed by atoms with Crippen LogP contribution < -0.4 is 5.73 Å². The van der Waals surface area contributed by atoms with Crippen LogP contribution in [0.4, 0.5) is 5.82 Å². The van der Waals surface area contributed by atoms with E-state index in [1.165, 1.54) is 103 Å². The molecule has 0 bridgehead atoms. The van der Waals surface area contributed by atoms with Crippen molar-refractivity contribution in [3.05, 3.63) is 12.7 Å². The molecule has 0 radical (unpaired) electrons.